The van der Waals surface area contributed by atoms with Gasteiger partial charge in [0.25, 0.3) is 0 Å². The highest BCUT2D eigenvalue weighted by molar-refractivity contribution is 6.05. The number of amides is 2. The Bertz CT molecular complexity index is 755. The molecule has 1 unspecified atom stereocenters. The number of carbonyl (C=O) groups is 1. The average molecular weight is 264 g/mol. The third kappa shape index (κ3) is 1.79. The van der Waals surface area contributed by atoms with E-state index in [0.717, 1.165) is 16.3 Å². The van der Waals surface area contributed by atoms with E-state index in [4.69, 9.17) is 12.2 Å². The highest BCUT2D eigenvalue weighted by Gasteiger charge is 2.35. The van der Waals surface area contributed by atoms with Crippen LogP contribution in [0.1, 0.15) is 11.6 Å². The first-order valence-corrected chi connectivity index (χ1v) is 6.13. The molecule has 0 fully saturated rings. The summed E-state index contributed by atoms with van der Waals surface area (Å²) in [5, 5.41) is 1.97. The Morgan fingerprint density at radius 1 is 1.35 bits per heavy atom. The van der Waals surface area contributed by atoms with Crippen molar-refractivity contribution in [2.45, 2.75) is 6.04 Å². The molecule has 1 atom stereocenters. The van der Waals surface area contributed by atoms with Gasteiger partial charge in [0, 0.05) is 23.3 Å². The van der Waals surface area contributed by atoms with E-state index in [1.807, 2.05) is 24.3 Å². The van der Waals surface area contributed by atoms with E-state index in [0.29, 0.717) is 0 Å². The topological polar surface area (TPSA) is 71.6 Å². The van der Waals surface area contributed by atoms with Gasteiger partial charge in [0.2, 0.25) is 0 Å². The van der Waals surface area contributed by atoms with Crippen molar-refractivity contribution in [2.24, 2.45) is 10.7 Å². The number of benzene rings is 1. The predicted octanol–water partition coefficient (Wildman–Crippen LogP) is 1.70. The highest BCUT2D eigenvalue weighted by atomic mass is 16.2. The van der Waals surface area contributed by atoms with Gasteiger partial charge in [-0.2, -0.15) is 4.99 Å². The van der Waals surface area contributed by atoms with Crippen LogP contribution in [0.2, 0.25) is 0 Å². The molecule has 0 spiro atoms. The number of hydrogen-bond acceptors (Lipinski definition) is 3. The first-order valence-electron chi connectivity index (χ1n) is 6.13. The third-order valence-corrected chi connectivity index (χ3v) is 3.32. The minimum atomic E-state index is -0.447. The van der Waals surface area contributed by atoms with Crippen LogP contribution in [0.4, 0.5) is 4.79 Å². The fourth-order valence-corrected chi connectivity index (χ4v) is 2.45. The van der Waals surface area contributed by atoms with Crippen molar-refractivity contribution in [3.8, 4) is 12.3 Å². The molecule has 0 radical (unpaired) electrons. The largest absolute Gasteiger partial charge is 0.385 e. The number of urea groups is 1. The number of rotatable bonds is 2. The summed E-state index contributed by atoms with van der Waals surface area (Å²) in [6, 6.07) is 6.94. The molecule has 20 heavy (non-hydrogen) atoms. The Balaban J connectivity index is 2.17. The molecule has 2 aromatic rings. The number of fused-ring (bicyclic) bond motifs is 1. The van der Waals surface area contributed by atoms with Crippen LogP contribution in [0.25, 0.3) is 10.8 Å². The maximum absolute atomic E-state index is 11.8. The van der Waals surface area contributed by atoms with Gasteiger partial charge in [-0.25, -0.2) is 4.79 Å². The van der Waals surface area contributed by atoms with Crippen LogP contribution in [-0.2, 0) is 0 Å². The number of terminal acetylenes is 1. The van der Waals surface area contributed by atoms with Gasteiger partial charge in [0.05, 0.1) is 6.54 Å². The van der Waals surface area contributed by atoms with Crippen LogP contribution >= 0.6 is 0 Å². The molecular formula is C15H12N4O. The number of amidine groups is 1. The summed E-state index contributed by atoms with van der Waals surface area (Å²) in [7, 11) is 0. The van der Waals surface area contributed by atoms with Crippen molar-refractivity contribution in [3.05, 3.63) is 42.2 Å². The molecule has 1 aliphatic rings. The monoisotopic (exact) mass is 264 g/mol. The van der Waals surface area contributed by atoms with Gasteiger partial charge >= 0.3 is 6.03 Å². The van der Waals surface area contributed by atoms with Gasteiger partial charge in [-0.1, -0.05) is 30.2 Å². The summed E-state index contributed by atoms with van der Waals surface area (Å²) in [6.45, 7) is 0.164. The molecule has 2 N–H and O–H groups in total. The predicted molar refractivity (Wildman–Crippen MR) is 77.0 cm³/mol. The van der Waals surface area contributed by atoms with Crippen LogP contribution in [0, 0.1) is 12.3 Å². The number of carbonyl (C=O) groups excluding carboxylic acids is 1. The standard InChI is InChI=1S/C15H12N4O/c1-2-7-19-13(14(16)18-15(19)20)12-9-17-8-10-5-3-4-6-11(10)12/h1,3-6,8-9,13H,7H2,(H2,16,18,20). The van der Waals surface area contributed by atoms with Gasteiger partial charge in [0.15, 0.2) is 0 Å². The molecule has 3 rings (SSSR count). The smallest absolute Gasteiger partial charge is 0.346 e. The molecule has 98 valence electrons. The van der Waals surface area contributed by atoms with Gasteiger partial charge in [-0.15, -0.1) is 6.42 Å². The molecule has 0 bridgehead atoms. The zero-order valence-electron chi connectivity index (χ0n) is 10.7. The number of nitrogens with two attached hydrogens (primary N) is 1. The molecule has 1 aliphatic heterocycles. The molecular weight excluding hydrogens is 252 g/mol. The second-order valence-corrected chi connectivity index (χ2v) is 4.50. The van der Waals surface area contributed by atoms with Crippen molar-refractivity contribution < 1.29 is 4.79 Å². The molecule has 0 aliphatic carbocycles. The quantitative estimate of drug-likeness (QED) is 0.839. The van der Waals surface area contributed by atoms with Crippen molar-refractivity contribution in [1.29, 1.82) is 0 Å². The Morgan fingerprint density at radius 3 is 2.95 bits per heavy atom. The first-order chi connectivity index (χ1) is 9.72. The Morgan fingerprint density at radius 2 is 2.15 bits per heavy atom. The van der Waals surface area contributed by atoms with Crippen LogP contribution in [0.5, 0.6) is 0 Å². The fourth-order valence-electron chi connectivity index (χ4n) is 2.45. The normalized spacial score (nSPS) is 18.1. The number of hydrogen-bond donors (Lipinski definition) is 1. The van der Waals surface area contributed by atoms with Gasteiger partial charge in [-0.05, 0) is 5.39 Å². The minimum absolute atomic E-state index is 0.164. The molecule has 1 aromatic carbocycles. The van der Waals surface area contributed by atoms with E-state index in [2.05, 4.69) is 15.9 Å². The maximum atomic E-state index is 11.8. The fraction of sp³-hybridized carbons (Fsp3) is 0.133. The van der Waals surface area contributed by atoms with Gasteiger partial charge < -0.3 is 5.73 Å². The number of aliphatic imine (C=N–C) groups is 1. The van der Waals surface area contributed by atoms with Crippen LogP contribution in [0.15, 0.2) is 41.7 Å². The molecule has 5 heteroatoms. The zero-order valence-corrected chi connectivity index (χ0v) is 10.7. The molecule has 1 aromatic heterocycles. The van der Waals surface area contributed by atoms with Crippen LogP contribution in [-0.4, -0.2) is 28.3 Å². The van der Waals surface area contributed by atoms with Crippen molar-refractivity contribution in [3.63, 3.8) is 0 Å². The molecule has 2 heterocycles. The van der Waals surface area contributed by atoms with Crippen LogP contribution in [0.3, 0.4) is 0 Å². The van der Waals surface area contributed by atoms with E-state index < -0.39 is 12.1 Å². The van der Waals surface area contributed by atoms with E-state index in [1.165, 1.54) is 4.90 Å². The lowest BCUT2D eigenvalue weighted by molar-refractivity contribution is 0.214. The summed E-state index contributed by atoms with van der Waals surface area (Å²) < 4.78 is 0. The highest BCUT2D eigenvalue weighted by Crippen LogP contribution is 2.31. The van der Waals surface area contributed by atoms with E-state index in [1.54, 1.807) is 12.4 Å². The summed E-state index contributed by atoms with van der Waals surface area (Å²) in [4.78, 5) is 21.3. The van der Waals surface area contributed by atoms with Gasteiger partial charge in [-0.3, -0.25) is 9.88 Å². The number of pyridine rings is 1. The minimum Gasteiger partial charge on any atom is -0.385 e. The van der Waals surface area contributed by atoms with E-state index in [-0.39, 0.29) is 12.4 Å². The third-order valence-electron chi connectivity index (χ3n) is 3.32. The SMILES string of the molecule is C#CCN1C(=O)N=C(N)C1c1cncc2ccccc12. The summed E-state index contributed by atoms with van der Waals surface area (Å²) in [5.74, 6) is 2.72. The average Bonchev–Trinajstić information content (AvgIpc) is 2.73. The van der Waals surface area contributed by atoms with Crippen molar-refractivity contribution in [2.75, 3.05) is 6.54 Å². The summed E-state index contributed by atoms with van der Waals surface area (Å²) in [6.07, 6.45) is 8.80. The zero-order chi connectivity index (χ0) is 14.1. The van der Waals surface area contributed by atoms with Crippen molar-refractivity contribution in [1.82, 2.24) is 9.88 Å². The summed E-state index contributed by atoms with van der Waals surface area (Å²) >= 11 is 0. The lowest BCUT2D eigenvalue weighted by Gasteiger charge is -2.23. The van der Waals surface area contributed by atoms with E-state index >= 15 is 0 Å². The number of aromatic nitrogens is 1. The van der Waals surface area contributed by atoms with Crippen LogP contribution < -0.4 is 5.73 Å². The lowest BCUT2D eigenvalue weighted by Crippen LogP contribution is -2.33. The Labute approximate surface area is 116 Å². The van der Waals surface area contributed by atoms with Crippen molar-refractivity contribution >= 4 is 22.6 Å². The number of nitrogens with zero attached hydrogens (tertiary/aromatic N) is 3. The maximum Gasteiger partial charge on any atom is 0.346 e. The Hall–Kier alpha value is -2.87. The summed E-state index contributed by atoms with van der Waals surface area (Å²) in [5.41, 5.74) is 6.74. The van der Waals surface area contributed by atoms with Gasteiger partial charge in [0.1, 0.15) is 11.9 Å². The second-order valence-electron chi connectivity index (χ2n) is 4.50. The second kappa shape index (κ2) is 4.67. The molecule has 0 saturated carbocycles. The molecule has 2 amide bonds. The molecule has 5 nitrogen and oxygen atoms in total. The molecule has 0 saturated heterocycles. The Kier molecular flexibility index (Phi) is 2.84. The first kappa shape index (κ1) is 12.2. The van der Waals surface area contributed by atoms with E-state index in [9.17, 15) is 4.79 Å². The lowest BCUT2D eigenvalue weighted by atomic mass is 10.0.